The second-order valence-corrected chi connectivity index (χ2v) is 5.17. The first-order valence-electron chi connectivity index (χ1n) is 6.71. The fourth-order valence-electron chi connectivity index (χ4n) is 3.01. The van der Waals surface area contributed by atoms with Gasteiger partial charge < -0.3 is 9.47 Å². The third kappa shape index (κ3) is 1.49. The fraction of sp³-hybridized carbons (Fsp3) is 0.333. The van der Waals surface area contributed by atoms with Crippen molar-refractivity contribution in [2.24, 2.45) is 11.8 Å². The van der Waals surface area contributed by atoms with Gasteiger partial charge >= 0.3 is 6.41 Å². The summed E-state index contributed by atoms with van der Waals surface area (Å²) in [6.45, 7) is 0. The lowest BCUT2D eigenvalue weighted by molar-refractivity contribution is -0.162. The molecule has 102 valence electrons. The van der Waals surface area contributed by atoms with Crippen molar-refractivity contribution >= 4 is 11.8 Å². The number of amides is 2. The smallest absolute Gasteiger partial charge is 0.336 e. The van der Waals surface area contributed by atoms with Gasteiger partial charge in [-0.2, -0.15) is 0 Å². The van der Waals surface area contributed by atoms with Crippen molar-refractivity contribution in [3.63, 3.8) is 0 Å². The molecule has 1 saturated heterocycles. The van der Waals surface area contributed by atoms with Crippen LogP contribution in [0.4, 0.5) is 0 Å². The average molecular weight is 271 g/mol. The highest BCUT2D eigenvalue weighted by Gasteiger charge is 2.52. The second kappa shape index (κ2) is 4.10. The zero-order valence-corrected chi connectivity index (χ0v) is 10.7. The van der Waals surface area contributed by atoms with Crippen LogP contribution in [0.25, 0.3) is 0 Å². The number of imide groups is 1. The van der Waals surface area contributed by atoms with Crippen LogP contribution >= 0.6 is 0 Å². The van der Waals surface area contributed by atoms with Gasteiger partial charge in [-0.15, -0.1) is 0 Å². The number of benzene rings is 1. The van der Waals surface area contributed by atoms with Gasteiger partial charge in [0.25, 0.3) is 0 Å². The molecule has 2 heterocycles. The Balaban J connectivity index is 1.63. The zero-order valence-electron chi connectivity index (χ0n) is 10.7. The lowest BCUT2D eigenvalue weighted by Gasteiger charge is -2.20. The molecule has 20 heavy (non-hydrogen) atoms. The van der Waals surface area contributed by atoms with E-state index < -0.39 is 6.41 Å². The highest BCUT2D eigenvalue weighted by atomic mass is 16.7. The van der Waals surface area contributed by atoms with E-state index in [-0.39, 0.29) is 23.7 Å². The minimum atomic E-state index is -0.966. The Morgan fingerprint density at radius 2 is 1.75 bits per heavy atom. The zero-order chi connectivity index (χ0) is 13.7. The Labute approximate surface area is 115 Å². The number of carbonyl (C=O) groups excluding carboxylic acids is 2. The van der Waals surface area contributed by atoms with Crippen LogP contribution in [0.3, 0.4) is 0 Å². The summed E-state index contributed by atoms with van der Waals surface area (Å²) in [6.07, 6.45) is 4.37. The standard InChI is InChI=1S/C15H13NO4/c17-13-9-5-1-2-6-10(9)14(18)16(13)15-19-11-7-3-4-8-12(11)20-15/h1,3-5,7-10,15H,2,6H2. The molecule has 0 aromatic heterocycles. The van der Waals surface area contributed by atoms with Gasteiger partial charge in [0.1, 0.15) is 0 Å². The summed E-state index contributed by atoms with van der Waals surface area (Å²) in [5, 5.41) is 0. The molecular formula is C15H13NO4. The lowest BCUT2D eigenvalue weighted by Crippen LogP contribution is -2.45. The molecule has 2 atom stereocenters. The van der Waals surface area contributed by atoms with Gasteiger partial charge in [0.15, 0.2) is 11.5 Å². The van der Waals surface area contributed by atoms with E-state index in [0.717, 1.165) is 11.3 Å². The highest BCUT2D eigenvalue weighted by Crippen LogP contribution is 2.40. The molecule has 5 nitrogen and oxygen atoms in total. The van der Waals surface area contributed by atoms with E-state index in [9.17, 15) is 9.59 Å². The number of nitrogens with zero attached hydrogens (tertiary/aromatic N) is 1. The number of hydrogen-bond donors (Lipinski definition) is 0. The van der Waals surface area contributed by atoms with E-state index >= 15 is 0 Å². The van der Waals surface area contributed by atoms with E-state index in [1.807, 2.05) is 24.3 Å². The minimum Gasteiger partial charge on any atom is -0.433 e. The number of likely N-dealkylation sites (tertiary alicyclic amines) is 1. The number of allylic oxidation sites excluding steroid dienone is 1. The predicted molar refractivity (Wildman–Crippen MR) is 68.7 cm³/mol. The van der Waals surface area contributed by atoms with Crippen molar-refractivity contribution in [3.8, 4) is 11.5 Å². The van der Waals surface area contributed by atoms with E-state index in [1.54, 1.807) is 12.1 Å². The first-order chi connectivity index (χ1) is 9.75. The number of fused-ring (bicyclic) bond motifs is 2. The molecular weight excluding hydrogens is 258 g/mol. The molecule has 1 aliphatic carbocycles. The Kier molecular flexibility index (Phi) is 2.36. The SMILES string of the molecule is O=C1C2C=CCCC2C(=O)N1C1Oc2ccccc2O1. The quantitative estimate of drug-likeness (QED) is 0.576. The van der Waals surface area contributed by atoms with Gasteiger partial charge in [-0.1, -0.05) is 24.3 Å². The van der Waals surface area contributed by atoms with Crippen LogP contribution in [-0.4, -0.2) is 23.1 Å². The van der Waals surface area contributed by atoms with Gasteiger partial charge in [-0.25, -0.2) is 4.90 Å². The van der Waals surface area contributed by atoms with Gasteiger partial charge in [0.05, 0.1) is 11.8 Å². The summed E-state index contributed by atoms with van der Waals surface area (Å²) >= 11 is 0. The van der Waals surface area contributed by atoms with Gasteiger partial charge in [0.2, 0.25) is 11.8 Å². The van der Waals surface area contributed by atoms with Crippen molar-refractivity contribution in [2.45, 2.75) is 19.3 Å². The monoisotopic (exact) mass is 271 g/mol. The molecule has 4 rings (SSSR count). The van der Waals surface area contributed by atoms with Crippen molar-refractivity contribution in [3.05, 3.63) is 36.4 Å². The third-order valence-corrected chi connectivity index (χ3v) is 4.01. The first kappa shape index (κ1) is 11.5. The average Bonchev–Trinajstić information content (AvgIpc) is 3.00. The largest absolute Gasteiger partial charge is 0.433 e. The van der Waals surface area contributed by atoms with Gasteiger partial charge in [0, 0.05) is 0 Å². The third-order valence-electron chi connectivity index (χ3n) is 4.01. The van der Waals surface area contributed by atoms with Crippen LogP contribution in [0.15, 0.2) is 36.4 Å². The molecule has 1 fully saturated rings. The van der Waals surface area contributed by atoms with Crippen LogP contribution in [0.1, 0.15) is 12.8 Å². The van der Waals surface area contributed by atoms with Crippen LogP contribution in [0.2, 0.25) is 0 Å². The normalized spacial score (nSPS) is 28.1. The molecule has 0 radical (unpaired) electrons. The van der Waals surface area contributed by atoms with Crippen LogP contribution < -0.4 is 9.47 Å². The maximum absolute atomic E-state index is 12.4. The van der Waals surface area contributed by atoms with E-state index in [0.29, 0.717) is 17.9 Å². The second-order valence-electron chi connectivity index (χ2n) is 5.17. The van der Waals surface area contributed by atoms with Crippen molar-refractivity contribution < 1.29 is 19.1 Å². The van der Waals surface area contributed by atoms with Crippen LogP contribution in [0, 0.1) is 11.8 Å². The van der Waals surface area contributed by atoms with Crippen molar-refractivity contribution in [1.29, 1.82) is 0 Å². The molecule has 1 aromatic carbocycles. The molecule has 2 aliphatic heterocycles. The van der Waals surface area contributed by atoms with Gasteiger partial charge in [-0.3, -0.25) is 9.59 Å². The molecule has 3 aliphatic rings. The van der Waals surface area contributed by atoms with E-state index in [1.165, 1.54) is 0 Å². The molecule has 0 bridgehead atoms. The molecule has 2 amide bonds. The van der Waals surface area contributed by atoms with E-state index in [2.05, 4.69) is 0 Å². The number of ether oxygens (including phenoxy) is 2. The summed E-state index contributed by atoms with van der Waals surface area (Å²) in [7, 11) is 0. The summed E-state index contributed by atoms with van der Waals surface area (Å²) in [4.78, 5) is 25.9. The Morgan fingerprint density at radius 3 is 2.40 bits per heavy atom. The molecule has 0 spiro atoms. The molecule has 0 N–H and O–H groups in total. The summed E-state index contributed by atoms with van der Waals surface area (Å²) < 4.78 is 11.2. The molecule has 0 saturated carbocycles. The molecule has 1 aromatic rings. The fourth-order valence-corrected chi connectivity index (χ4v) is 3.01. The maximum atomic E-state index is 12.4. The Bertz CT molecular complexity index is 599. The van der Waals surface area contributed by atoms with Crippen LogP contribution in [-0.2, 0) is 9.59 Å². The van der Waals surface area contributed by atoms with Crippen molar-refractivity contribution in [2.75, 3.05) is 0 Å². The first-order valence-corrected chi connectivity index (χ1v) is 6.71. The Hall–Kier alpha value is -2.30. The predicted octanol–water partition coefficient (Wildman–Crippen LogP) is 1.69. The lowest BCUT2D eigenvalue weighted by atomic mass is 9.86. The maximum Gasteiger partial charge on any atom is 0.336 e. The number of para-hydroxylation sites is 2. The van der Waals surface area contributed by atoms with Crippen molar-refractivity contribution in [1.82, 2.24) is 4.90 Å². The highest BCUT2D eigenvalue weighted by molar-refractivity contribution is 6.06. The summed E-state index contributed by atoms with van der Waals surface area (Å²) in [6, 6.07) is 7.15. The molecule has 2 unspecified atom stereocenters. The number of rotatable bonds is 1. The van der Waals surface area contributed by atoms with E-state index in [4.69, 9.17) is 9.47 Å². The summed E-state index contributed by atoms with van der Waals surface area (Å²) in [5.41, 5.74) is 0. The molecule has 5 heteroatoms. The topological polar surface area (TPSA) is 55.8 Å². The minimum absolute atomic E-state index is 0.192. The Morgan fingerprint density at radius 1 is 1.05 bits per heavy atom. The number of carbonyl (C=O) groups is 2. The number of hydrogen-bond acceptors (Lipinski definition) is 4. The van der Waals surface area contributed by atoms with Crippen LogP contribution in [0.5, 0.6) is 11.5 Å². The summed E-state index contributed by atoms with van der Waals surface area (Å²) in [5.74, 6) is 0.0820. The van der Waals surface area contributed by atoms with Gasteiger partial charge in [-0.05, 0) is 25.0 Å².